The van der Waals surface area contributed by atoms with Gasteiger partial charge in [-0.1, -0.05) is 138 Å². The van der Waals surface area contributed by atoms with Crippen LogP contribution in [0, 0.1) is 23.7 Å². The summed E-state index contributed by atoms with van der Waals surface area (Å²) in [6, 6.07) is 0. The molecule has 0 radical (unpaired) electrons. The first-order valence-electron chi connectivity index (χ1n) is 17.6. The molecule has 6 heteroatoms. The van der Waals surface area contributed by atoms with Crippen LogP contribution in [0.25, 0.3) is 0 Å². The lowest BCUT2D eigenvalue weighted by Gasteiger charge is -2.42. The van der Waals surface area contributed by atoms with Crippen LogP contribution in [0.5, 0.6) is 0 Å². The maximum Gasteiger partial charge on any atom is 0.377 e. The number of nitrogens with zero attached hydrogens (tertiary/aromatic N) is 2. The fraction of sp³-hybridized carbons (Fsp3) is 0.700. The maximum absolute atomic E-state index is 17.4. The third-order valence-electron chi connectivity index (χ3n) is 9.67. The molecule has 0 N–H and O–H groups in total. The van der Waals surface area contributed by atoms with E-state index in [1.807, 2.05) is 83.1 Å². The molecule has 0 aliphatic heterocycles. The molecule has 0 aromatic rings. The van der Waals surface area contributed by atoms with Crippen LogP contribution in [0.15, 0.2) is 67.1 Å². The van der Waals surface area contributed by atoms with E-state index in [2.05, 4.69) is 79.7 Å². The Balaban J connectivity index is 3.09. The number of hydrogen-bond acceptors (Lipinski definition) is 2. The van der Waals surface area contributed by atoms with E-state index in [-0.39, 0.29) is 23.7 Å². The Hall–Kier alpha value is -1.67. The molecule has 0 amide bonds. The molecule has 46 heavy (non-hydrogen) atoms. The molecule has 0 bridgehead atoms. The third-order valence-corrected chi connectivity index (χ3v) is 18.7. The second-order valence-electron chi connectivity index (χ2n) is 19.1. The topological polar surface area (TPSA) is 24.7 Å². The Morgan fingerprint density at radius 2 is 0.587 bits per heavy atom. The summed E-state index contributed by atoms with van der Waals surface area (Å²) in [4.78, 5) is 0. The summed E-state index contributed by atoms with van der Waals surface area (Å²) in [5.74, 6) is 0.646. The fourth-order valence-electron chi connectivity index (χ4n) is 6.94. The quantitative estimate of drug-likeness (QED) is 0.198. The van der Waals surface area contributed by atoms with E-state index in [9.17, 15) is 0 Å². The number of hydrogen-bond donors (Lipinski definition) is 0. The van der Waals surface area contributed by atoms with Crippen molar-refractivity contribution in [2.24, 2.45) is 33.0 Å². The van der Waals surface area contributed by atoms with Crippen LogP contribution in [0.1, 0.15) is 138 Å². The summed E-state index contributed by atoms with van der Waals surface area (Å²) in [5, 5.41) is -2.23. The second kappa shape index (κ2) is 13.3. The number of allylic oxidation sites excluding steroid dienone is 10. The lowest BCUT2D eigenvalue weighted by molar-refractivity contribution is 0.516. The van der Waals surface area contributed by atoms with Gasteiger partial charge in [0.05, 0.1) is 11.4 Å². The van der Waals surface area contributed by atoms with Crippen LogP contribution in [0.3, 0.4) is 0 Å². The molecule has 0 spiro atoms. The van der Waals surface area contributed by atoms with Crippen molar-refractivity contribution in [1.29, 1.82) is 0 Å². The van der Waals surface area contributed by atoms with Crippen LogP contribution in [-0.2, 0) is 0 Å². The minimum Gasteiger partial charge on any atom is -0.286 e. The Labute approximate surface area is 285 Å². The zero-order chi connectivity index (χ0) is 36.2. The van der Waals surface area contributed by atoms with Crippen molar-refractivity contribution in [2.75, 3.05) is 0 Å². The summed E-state index contributed by atoms with van der Waals surface area (Å²) < 4.78 is 45.2. The minimum absolute atomic E-state index is 0.162. The van der Waals surface area contributed by atoms with Gasteiger partial charge in [0.1, 0.15) is 0 Å². The molecule has 0 aromatic heterocycles. The van der Waals surface area contributed by atoms with E-state index in [0.29, 0.717) is 0 Å². The van der Waals surface area contributed by atoms with Gasteiger partial charge in [0, 0.05) is 20.2 Å². The first kappa shape index (κ1) is 40.5. The molecule has 0 unspecified atom stereocenters. The SMILES string of the molecule is CC(C)C1=CC(=C2C=C(C(C)C)C(=N[Si](F)(C(C)(C)C)C(C)(C)C)C(C(C)C)=C2)C=C(C(C)C)C1=N[Si](F)(C(C)(C)C)C(C)(C)C. The van der Waals surface area contributed by atoms with E-state index in [1.54, 1.807) is 0 Å². The highest BCUT2D eigenvalue weighted by molar-refractivity contribution is 6.79. The lowest BCUT2D eigenvalue weighted by Crippen LogP contribution is -2.48. The van der Waals surface area contributed by atoms with Gasteiger partial charge in [0.15, 0.2) is 0 Å². The highest BCUT2D eigenvalue weighted by atomic mass is 28.4. The second-order valence-corrected chi connectivity index (χ2v) is 28.0. The highest BCUT2D eigenvalue weighted by Gasteiger charge is 2.58. The van der Waals surface area contributed by atoms with Crippen molar-refractivity contribution >= 4 is 28.6 Å². The molecule has 2 nitrogen and oxygen atoms in total. The van der Waals surface area contributed by atoms with E-state index < -0.39 is 37.3 Å². The molecule has 2 rings (SSSR count). The van der Waals surface area contributed by atoms with Crippen LogP contribution < -0.4 is 0 Å². The van der Waals surface area contributed by atoms with Crippen molar-refractivity contribution in [3.8, 4) is 0 Å². The summed E-state index contributed by atoms with van der Waals surface area (Å²) in [6.07, 6.45) is 8.98. The first-order valence-corrected chi connectivity index (χ1v) is 21.3. The fourth-order valence-corrected chi connectivity index (χ4v) is 13.9. The molecule has 260 valence electrons. The third kappa shape index (κ3) is 7.79. The molecule has 0 saturated heterocycles. The van der Waals surface area contributed by atoms with Crippen molar-refractivity contribution in [3.05, 3.63) is 57.7 Å². The summed E-state index contributed by atoms with van der Waals surface area (Å²) in [7, 11) is -7.35. The normalized spacial score (nSPS) is 18.0. The predicted octanol–water partition coefficient (Wildman–Crippen LogP) is 13.5. The zero-order valence-electron chi connectivity index (χ0n) is 33.3. The monoisotopic (exact) mass is 670 g/mol. The van der Waals surface area contributed by atoms with Gasteiger partial charge >= 0.3 is 17.1 Å². The number of rotatable bonds is 6. The Morgan fingerprint density at radius 1 is 0.413 bits per heavy atom. The van der Waals surface area contributed by atoms with Gasteiger partial charge in [-0.15, -0.1) is 0 Å². The van der Waals surface area contributed by atoms with Gasteiger partial charge in [-0.3, -0.25) is 17.5 Å². The number of halogens is 2. The van der Waals surface area contributed by atoms with Crippen molar-refractivity contribution < 1.29 is 8.22 Å². The zero-order valence-corrected chi connectivity index (χ0v) is 35.3. The van der Waals surface area contributed by atoms with Gasteiger partial charge in [-0.05, 0) is 81.4 Å². The molecule has 2 aliphatic rings. The summed E-state index contributed by atoms with van der Waals surface area (Å²) >= 11 is 0. The molecular weight excluding hydrogens is 603 g/mol. The van der Waals surface area contributed by atoms with Crippen molar-refractivity contribution in [3.63, 3.8) is 0 Å². The summed E-state index contributed by atoms with van der Waals surface area (Å²) in [5.41, 5.74) is 8.25. The van der Waals surface area contributed by atoms with E-state index >= 15 is 8.22 Å². The molecule has 0 aromatic carbocycles. The standard InChI is InChI=1S/C40H68F2N2Si2/c1-25(2)31-21-29(22-32(26(3)4)35(31)43-45(41,37(9,10)11)38(12,13)14)30-23-33(27(5)6)36(34(24-30)28(7)8)44-46(42,39(15,16)17)40(18,19)20/h21-28H,1-20H3. The lowest BCUT2D eigenvalue weighted by atomic mass is 9.78. The molecule has 0 fully saturated rings. The minimum atomic E-state index is -3.67. The first-order chi connectivity index (χ1) is 20.4. The van der Waals surface area contributed by atoms with Crippen molar-refractivity contribution in [1.82, 2.24) is 0 Å². The Morgan fingerprint density at radius 3 is 0.717 bits per heavy atom. The average Bonchev–Trinajstić information content (AvgIpc) is 2.85. The largest absolute Gasteiger partial charge is 0.377 e. The Kier molecular flexibility index (Phi) is 11.7. The highest BCUT2D eigenvalue weighted by Crippen LogP contribution is 2.55. The van der Waals surface area contributed by atoms with Gasteiger partial charge in [-0.25, -0.2) is 0 Å². The van der Waals surface area contributed by atoms with Gasteiger partial charge in [-0.2, -0.15) is 0 Å². The predicted molar refractivity (Wildman–Crippen MR) is 206 cm³/mol. The smallest absolute Gasteiger partial charge is 0.286 e. The molecule has 2 aliphatic carbocycles. The maximum atomic E-state index is 17.4. The van der Waals surface area contributed by atoms with Crippen LogP contribution in [0.2, 0.25) is 20.2 Å². The Bertz CT molecular complexity index is 1190. The van der Waals surface area contributed by atoms with Crippen LogP contribution >= 0.6 is 0 Å². The van der Waals surface area contributed by atoms with Gasteiger partial charge in [0.25, 0.3) is 0 Å². The molecule has 0 atom stereocenters. The summed E-state index contributed by atoms with van der Waals surface area (Å²) in [6.45, 7) is 41.6. The van der Waals surface area contributed by atoms with Crippen molar-refractivity contribution in [2.45, 2.75) is 159 Å². The molecule has 0 heterocycles. The average molecular weight is 671 g/mol. The van der Waals surface area contributed by atoms with Gasteiger partial charge in [0.2, 0.25) is 0 Å². The van der Waals surface area contributed by atoms with E-state index in [1.165, 1.54) is 0 Å². The van der Waals surface area contributed by atoms with E-state index in [0.717, 1.165) is 44.9 Å². The van der Waals surface area contributed by atoms with Gasteiger partial charge < -0.3 is 0 Å². The van der Waals surface area contributed by atoms with E-state index in [4.69, 9.17) is 9.32 Å². The molecular formula is C40H68F2N2Si2. The molecule has 0 saturated carbocycles. The van der Waals surface area contributed by atoms with Crippen LogP contribution in [0.4, 0.5) is 8.22 Å². The van der Waals surface area contributed by atoms with Crippen LogP contribution in [-0.4, -0.2) is 28.6 Å².